The number of methoxy groups -OCH3 is 2. The first-order valence-electron chi connectivity index (χ1n) is 16.3. The highest BCUT2D eigenvalue weighted by Crippen LogP contribution is 2.60. The number of halogens is 2. The number of carbonyl (C=O) groups is 3. The van der Waals surface area contributed by atoms with Gasteiger partial charge in [-0.25, -0.2) is 14.6 Å². The largest absolute Gasteiger partial charge is 0.493 e. The molecule has 0 saturated heterocycles. The van der Waals surface area contributed by atoms with Gasteiger partial charge in [0.25, 0.3) is 5.56 Å². The van der Waals surface area contributed by atoms with Crippen LogP contribution in [0.1, 0.15) is 55.4 Å². The number of ether oxygens (including phenoxy) is 5. The second-order valence-corrected chi connectivity index (χ2v) is 14.7. The molecule has 12 nitrogen and oxygen atoms in total. The standard InChI is InChI=1S/C38H34Cl2N2O10S/c1-7-49-35(45)30-19(2)41-37-42(32(30)21-11-13-24(27(17-21)48-6)51-34(44)25-9-8-14-50-25)33(43)28(53-37)16-20-10-12-23(26(15-20)47-5)52-36(46)31-22(18-29(39)40)38(31,3)4/h8-18,22,31-32H,7H2,1-6H3. The lowest BCUT2D eigenvalue weighted by Crippen LogP contribution is -2.40. The Morgan fingerprint density at radius 2 is 1.68 bits per heavy atom. The van der Waals surface area contributed by atoms with E-state index in [-0.39, 0.29) is 56.8 Å². The fourth-order valence-electron chi connectivity index (χ4n) is 6.35. The van der Waals surface area contributed by atoms with Crippen molar-refractivity contribution in [3.63, 3.8) is 0 Å². The summed E-state index contributed by atoms with van der Waals surface area (Å²) < 4.78 is 34.7. The molecule has 3 atom stereocenters. The van der Waals surface area contributed by atoms with Crippen molar-refractivity contribution in [1.29, 1.82) is 0 Å². The average molecular weight is 782 g/mol. The van der Waals surface area contributed by atoms with E-state index in [1.165, 1.54) is 37.2 Å². The van der Waals surface area contributed by atoms with E-state index in [1.807, 2.05) is 13.8 Å². The zero-order chi connectivity index (χ0) is 38.2. The van der Waals surface area contributed by atoms with Crippen LogP contribution in [0, 0.1) is 17.3 Å². The van der Waals surface area contributed by atoms with E-state index in [4.69, 9.17) is 51.3 Å². The van der Waals surface area contributed by atoms with E-state index in [2.05, 4.69) is 4.99 Å². The molecular weight excluding hydrogens is 747 g/mol. The van der Waals surface area contributed by atoms with Crippen LogP contribution in [0.3, 0.4) is 0 Å². The number of rotatable bonds is 11. The Hall–Kier alpha value is -5.11. The summed E-state index contributed by atoms with van der Waals surface area (Å²) in [5.74, 6) is -1.66. The summed E-state index contributed by atoms with van der Waals surface area (Å²) in [6.45, 7) is 7.32. The summed E-state index contributed by atoms with van der Waals surface area (Å²) in [5.41, 5.74) is 0.773. The lowest BCUT2D eigenvalue weighted by molar-refractivity contribution is -0.139. The van der Waals surface area contributed by atoms with E-state index in [0.29, 0.717) is 26.2 Å². The first-order valence-corrected chi connectivity index (χ1v) is 17.9. The van der Waals surface area contributed by atoms with Gasteiger partial charge in [0.1, 0.15) is 4.49 Å². The van der Waals surface area contributed by atoms with Crippen LogP contribution in [-0.2, 0) is 14.3 Å². The van der Waals surface area contributed by atoms with Crippen molar-refractivity contribution in [1.82, 2.24) is 4.57 Å². The second kappa shape index (κ2) is 15.1. The number of furan rings is 1. The molecule has 2 aromatic heterocycles. The number of thiazole rings is 1. The SMILES string of the molecule is CCOC(=O)C1=C(C)N=c2sc(=Cc3ccc(OC(=O)C4C(C=C(Cl)Cl)C4(C)C)c(OC)c3)c(=O)n2C1c1ccc(OC(=O)c2ccco2)c(OC)c1. The first-order chi connectivity index (χ1) is 25.3. The molecule has 0 radical (unpaired) electrons. The number of aromatic nitrogens is 1. The van der Waals surface area contributed by atoms with Crippen molar-refractivity contribution in [3.05, 3.63) is 113 Å². The number of fused-ring (bicyclic) bond motifs is 1. The molecule has 15 heteroatoms. The van der Waals surface area contributed by atoms with Gasteiger partial charge in [-0.2, -0.15) is 0 Å². The number of carbonyl (C=O) groups excluding carboxylic acids is 3. The molecule has 1 aliphatic heterocycles. The molecule has 276 valence electrons. The van der Waals surface area contributed by atoms with E-state index < -0.39 is 35.4 Å². The third kappa shape index (κ3) is 7.41. The van der Waals surface area contributed by atoms with Crippen molar-refractivity contribution in [2.45, 2.75) is 33.7 Å². The van der Waals surface area contributed by atoms with Crippen LogP contribution in [0.4, 0.5) is 0 Å². The number of hydrogen-bond donors (Lipinski definition) is 0. The maximum atomic E-state index is 14.2. The highest BCUT2D eigenvalue weighted by atomic mass is 35.5. The van der Waals surface area contributed by atoms with Crippen LogP contribution in [0.25, 0.3) is 6.08 Å². The molecule has 1 saturated carbocycles. The van der Waals surface area contributed by atoms with Gasteiger partial charge in [-0.3, -0.25) is 14.2 Å². The first kappa shape index (κ1) is 37.6. The molecule has 1 aliphatic carbocycles. The summed E-state index contributed by atoms with van der Waals surface area (Å²) >= 11 is 12.8. The quantitative estimate of drug-likeness (QED) is 0.129. The monoisotopic (exact) mass is 780 g/mol. The summed E-state index contributed by atoms with van der Waals surface area (Å²) in [6.07, 6.45) is 4.65. The van der Waals surface area contributed by atoms with E-state index in [0.717, 1.165) is 11.3 Å². The van der Waals surface area contributed by atoms with Crippen molar-refractivity contribution in [3.8, 4) is 23.0 Å². The van der Waals surface area contributed by atoms with Gasteiger partial charge in [-0.1, -0.05) is 60.5 Å². The van der Waals surface area contributed by atoms with Crippen LogP contribution in [-0.4, -0.2) is 43.3 Å². The van der Waals surface area contributed by atoms with E-state index in [9.17, 15) is 19.2 Å². The maximum absolute atomic E-state index is 14.2. The normalized spacial score (nSPS) is 18.7. The van der Waals surface area contributed by atoms with Crippen LogP contribution in [0.2, 0.25) is 0 Å². The van der Waals surface area contributed by atoms with Gasteiger partial charge in [0.2, 0.25) is 5.76 Å². The Balaban J connectivity index is 1.36. The Labute approximate surface area is 317 Å². The Kier molecular flexibility index (Phi) is 10.7. The molecule has 0 amide bonds. The third-order valence-corrected chi connectivity index (χ3v) is 10.3. The number of nitrogens with zero attached hydrogens (tertiary/aromatic N) is 2. The van der Waals surface area contributed by atoms with Crippen LogP contribution in [0.5, 0.6) is 23.0 Å². The number of esters is 3. The topological polar surface area (TPSA) is 145 Å². The van der Waals surface area contributed by atoms with E-state index in [1.54, 1.807) is 62.4 Å². The van der Waals surface area contributed by atoms with Crippen molar-refractivity contribution in [2.75, 3.05) is 20.8 Å². The smallest absolute Gasteiger partial charge is 0.379 e. The zero-order valence-corrected chi connectivity index (χ0v) is 31.8. The predicted molar refractivity (Wildman–Crippen MR) is 196 cm³/mol. The predicted octanol–water partition coefficient (Wildman–Crippen LogP) is 6.12. The van der Waals surface area contributed by atoms with Gasteiger partial charge in [0.05, 0.1) is 54.9 Å². The zero-order valence-electron chi connectivity index (χ0n) is 29.4. The van der Waals surface area contributed by atoms with Gasteiger partial charge in [0.15, 0.2) is 27.8 Å². The molecule has 2 aliphatic rings. The molecule has 53 heavy (non-hydrogen) atoms. The molecular formula is C38H34Cl2N2O10S. The Morgan fingerprint density at radius 3 is 2.34 bits per heavy atom. The summed E-state index contributed by atoms with van der Waals surface area (Å²) in [4.78, 5) is 58.3. The fourth-order valence-corrected chi connectivity index (χ4v) is 7.66. The molecule has 0 spiro atoms. The van der Waals surface area contributed by atoms with Crippen LogP contribution in [0.15, 0.2) is 90.8 Å². The fraction of sp³-hybridized carbons (Fsp3) is 0.289. The number of benzene rings is 2. The Morgan fingerprint density at radius 1 is 0.981 bits per heavy atom. The molecule has 3 heterocycles. The molecule has 0 bridgehead atoms. The molecule has 0 N–H and O–H groups in total. The van der Waals surface area contributed by atoms with Gasteiger partial charge in [-0.05, 0) is 84.9 Å². The van der Waals surface area contributed by atoms with Gasteiger partial charge in [-0.15, -0.1) is 0 Å². The highest BCUT2D eigenvalue weighted by molar-refractivity contribution is 7.07. The van der Waals surface area contributed by atoms with Crippen molar-refractivity contribution in [2.24, 2.45) is 22.2 Å². The van der Waals surface area contributed by atoms with Gasteiger partial charge >= 0.3 is 17.9 Å². The molecule has 1 fully saturated rings. The van der Waals surface area contributed by atoms with Crippen LogP contribution < -0.4 is 33.8 Å². The van der Waals surface area contributed by atoms with E-state index >= 15 is 0 Å². The number of hydrogen-bond acceptors (Lipinski definition) is 12. The van der Waals surface area contributed by atoms with Crippen molar-refractivity contribution < 1.29 is 42.5 Å². The number of allylic oxidation sites excluding steroid dienone is 2. The molecule has 4 aromatic rings. The average Bonchev–Trinajstić information content (AvgIpc) is 3.47. The minimum atomic E-state index is -0.966. The van der Waals surface area contributed by atoms with Crippen LogP contribution >= 0.6 is 34.5 Å². The third-order valence-electron chi connectivity index (χ3n) is 9.11. The minimum Gasteiger partial charge on any atom is -0.493 e. The summed E-state index contributed by atoms with van der Waals surface area (Å²) in [7, 11) is 2.85. The van der Waals surface area contributed by atoms with Gasteiger partial charge < -0.3 is 28.1 Å². The lowest BCUT2D eigenvalue weighted by Gasteiger charge is -2.25. The lowest BCUT2D eigenvalue weighted by atomic mass is 9.95. The molecule has 6 rings (SSSR count). The van der Waals surface area contributed by atoms with Crippen molar-refractivity contribution >= 4 is 58.5 Å². The summed E-state index contributed by atoms with van der Waals surface area (Å²) in [5, 5.41) is 0. The Bertz CT molecular complexity index is 2350. The maximum Gasteiger partial charge on any atom is 0.379 e. The summed E-state index contributed by atoms with van der Waals surface area (Å²) in [6, 6.07) is 11.7. The molecule has 2 aromatic carbocycles. The minimum absolute atomic E-state index is 0.00153. The molecule has 3 unspecified atom stereocenters. The van der Waals surface area contributed by atoms with Gasteiger partial charge in [0, 0.05) is 0 Å². The second-order valence-electron chi connectivity index (χ2n) is 12.7. The highest BCUT2D eigenvalue weighted by Gasteiger charge is 2.61.